The van der Waals surface area contributed by atoms with Crippen LogP contribution in [0.25, 0.3) is 10.9 Å². The molecule has 21 heavy (non-hydrogen) atoms. The van der Waals surface area contributed by atoms with Gasteiger partial charge in [-0.25, -0.2) is 8.42 Å². The monoisotopic (exact) mass is 357 g/mol. The molecule has 0 fully saturated rings. The smallest absolute Gasteiger partial charge is 0.157 e. The molecule has 0 aliphatic heterocycles. The summed E-state index contributed by atoms with van der Waals surface area (Å²) in [5.41, 5.74) is 0.633. The van der Waals surface area contributed by atoms with Gasteiger partial charge < -0.3 is 0 Å². The van der Waals surface area contributed by atoms with Crippen LogP contribution in [0.5, 0.6) is 0 Å². The first-order chi connectivity index (χ1) is 10.1. The van der Waals surface area contributed by atoms with Crippen LogP contribution in [0, 0.1) is 0 Å². The van der Waals surface area contributed by atoms with Gasteiger partial charge in [-0.15, -0.1) is 0 Å². The standard InChI is InChI=1S/C14H9Cl2NO2S2/c15-10-6-7-12-13(8-10)17(9-14(12)20(16)18)21(19)11-4-2-1-3-5-11/h1-9H. The van der Waals surface area contributed by atoms with Crippen LogP contribution in [0.4, 0.5) is 0 Å². The minimum absolute atomic E-state index is 0.424. The van der Waals surface area contributed by atoms with Crippen molar-refractivity contribution in [3.8, 4) is 0 Å². The minimum Gasteiger partial charge on any atom is -0.261 e. The lowest BCUT2D eigenvalue weighted by Crippen LogP contribution is -2.03. The van der Waals surface area contributed by atoms with Crippen molar-refractivity contribution in [2.45, 2.75) is 9.79 Å². The molecule has 2 aromatic carbocycles. The van der Waals surface area contributed by atoms with Gasteiger partial charge in [0.25, 0.3) is 0 Å². The summed E-state index contributed by atoms with van der Waals surface area (Å²) in [5, 5.41) is 1.19. The maximum atomic E-state index is 12.7. The fourth-order valence-corrected chi connectivity index (χ4v) is 4.34. The van der Waals surface area contributed by atoms with Gasteiger partial charge in [0.1, 0.15) is 10.0 Å². The molecule has 108 valence electrons. The second kappa shape index (κ2) is 5.93. The van der Waals surface area contributed by atoms with E-state index in [0.717, 1.165) is 0 Å². The molecule has 0 saturated carbocycles. The van der Waals surface area contributed by atoms with E-state index in [4.69, 9.17) is 22.3 Å². The Hall–Kier alpha value is -1.14. The van der Waals surface area contributed by atoms with Crippen LogP contribution in [0.3, 0.4) is 0 Å². The zero-order valence-electron chi connectivity index (χ0n) is 10.5. The van der Waals surface area contributed by atoms with Gasteiger partial charge in [0.2, 0.25) is 0 Å². The predicted molar refractivity (Wildman–Crippen MR) is 87.5 cm³/mol. The predicted octanol–water partition coefficient (Wildman–Crippen LogP) is 4.13. The molecule has 0 amide bonds. The van der Waals surface area contributed by atoms with E-state index in [0.29, 0.717) is 25.7 Å². The van der Waals surface area contributed by atoms with Crippen LogP contribution in [-0.2, 0) is 21.0 Å². The normalized spacial score (nSPS) is 14.2. The van der Waals surface area contributed by atoms with Crippen LogP contribution in [-0.4, -0.2) is 12.4 Å². The number of benzene rings is 2. The number of nitrogens with zero attached hydrogens (tertiary/aromatic N) is 1. The van der Waals surface area contributed by atoms with Crippen LogP contribution in [0.15, 0.2) is 64.5 Å². The van der Waals surface area contributed by atoms with E-state index in [1.165, 1.54) is 3.97 Å². The summed E-state index contributed by atoms with van der Waals surface area (Å²) in [4.78, 5) is 1.06. The van der Waals surface area contributed by atoms with E-state index in [1.54, 1.807) is 36.5 Å². The Labute approximate surface area is 136 Å². The van der Waals surface area contributed by atoms with Gasteiger partial charge in [-0.05, 0) is 34.9 Å². The number of aromatic nitrogens is 1. The van der Waals surface area contributed by atoms with Crippen molar-refractivity contribution in [3.63, 3.8) is 0 Å². The van der Waals surface area contributed by atoms with Gasteiger partial charge in [0.15, 0.2) is 11.0 Å². The van der Waals surface area contributed by atoms with E-state index >= 15 is 0 Å². The highest BCUT2D eigenvalue weighted by atomic mass is 35.7. The SMILES string of the molecule is O=S(Cl)c1cn(S(=O)c2ccccc2)c2cc(Cl)ccc12. The Morgan fingerprint density at radius 1 is 1.00 bits per heavy atom. The zero-order valence-corrected chi connectivity index (χ0v) is 13.7. The van der Waals surface area contributed by atoms with Gasteiger partial charge in [-0.2, -0.15) is 0 Å². The van der Waals surface area contributed by atoms with Crippen molar-refractivity contribution in [2.24, 2.45) is 0 Å². The molecule has 0 aliphatic carbocycles. The molecule has 2 atom stereocenters. The van der Waals surface area contributed by atoms with Gasteiger partial charge in [0, 0.05) is 16.6 Å². The van der Waals surface area contributed by atoms with Gasteiger partial charge in [0.05, 0.1) is 15.3 Å². The summed E-state index contributed by atoms with van der Waals surface area (Å²) in [5.74, 6) is 0. The molecule has 3 nitrogen and oxygen atoms in total. The molecule has 0 N–H and O–H groups in total. The molecular weight excluding hydrogens is 349 g/mol. The molecular formula is C14H9Cl2NO2S2. The summed E-state index contributed by atoms with van der Waals surface area (Å²) < 4.78 is 25.9. The van der Waals surface area contributed by atoms with Gasteiger partial charge in [-0.1, -0.05) is 35.9 Å². The van der Waals surface area contributed by atoms with Crippen molar-refractivity contribution < 1.29 is 8.42 Å². The first-order valence-corrected chi connectivity index (χ1v) is 9.40. The third kappa shape index (κ3) is 2.79. The summed E-state index contributed by atoms with van der Waals surface area (Å²) in [6, 6.07) is 14.1. The number of rotatable bonds is 3. The maximum absolute atomic E-state index is 12.7. The van der Waals surface area contributed by atoms with E-state index < -0.39 is 21.0 Å². The highest BCUT2D eigenvalue weighted by molar-refractivity contribution is 8.08. The number of hydrogen-bond acceptors (Lipinski definition) is 2. The molecule has 0 aliphatic rings. The fourth-order valence-electron chi connectivity index (χ4n) is 2.06. The molecule has 7 heteroatoms. The Bertz CT molecular complexity index is 862. The highest BCUT2D eigenvalue weighted by Crippen LogP contribution is 2.29. The number of fused-ring (bicyclic) bond motifs is 1. The molecule has 0 saturated heterocycles. The van der Waals surface area contributed by atoms with Crippen molar-refractivity contribution >= 4 is 54.2 Å². The summed E-state index contributed by atoms with van der Waals surface area (Å²) >= 11 is 6.01. The number of hydrogen-bond donors (Lipinski definition) is 0. The zero-order chi connectivity index (χ0) is 15.0. The molecule has 1 aromatic heterocycles. The van der Waals surface area contributed by atoms with Crippen LogP contribution >= 0.6 is 22.3 Å². The molecule has 3 rings (SSSR count). The molecule has 2 unspecified atom stereocenters. The average Bonchev–Trinajstić information content (AvgIpc) is 2.86. The minimum atomic E-state index is -1.69. The van der Waals surface area contributed by atoms with Crippen LogP contribution < -0.4 is 0 Å². The van der Waals surface area contributed by atoms with Gasteiger partial charge >= 0.3 is 0 Å². The lowest BCUT2D eigenvalue weighted by atomic mass is 10.2. The van der Waals surface area contributed by atoms with Crippen LogP contribution in [0.2, 0.25) is 5.02 Å². The summed E-state index contributed by atoms with van der Waals surface area (Å²) in [6.07, 6.45) is 1.55. The first kappa shape index (κ1) is 14.8. The molecule has 1 heterocycles. The average molecular weight is 358 g/mol. The summed E-state index contributed by atoms with van der Waals surface area (Å²) in [6.45, 7) is 0. The van der Waals surface area contributed by atoms with Crippen molar-refractivity contribution in [1.82, 2.24) is 3.97 Å². The third-order valence-corrected chi connectivity index (χ3v) is 5.73. The van der Waals surface area contributed by atoms with E-state index in [2.05, 4.69) is 0 Å². The maximum Gasteiger partial charge on any atom is 0.157 e. The molecule has 0 radical (unpaired) electrons. The van der Waals surface area contributed by atoms with E-state index in [9.17, 15) is 8.42 Å². The van der Waals surface area contributed by atoms with E-state index in [-0.39, 0.29) is 0 Å². The Balaban J connectivity index is 2.25. The topological polar surface area (TPSA) is 39.1 Å². The Kier molecular flexibility index (Phi) is 4.17. The Morgan fingerprint density at radius 3 is 2.38 bits per heavy atom. The van der Waals surface area contributed by atoms with Crippen molar-refractivity contribution in [2.75, 3.05) is 0 Å². The largest absolute Gasteiger partial charge is 0.261 e. The Morgan fingerprint density at radius 2 is 1.71 bits per heavy atom. The molecule has 0 spiro atoms. The third-order valence-electron chi connectivity index (χ3n) is 2.99. The molecule has 0 bridgehead atoms. The van der Waals surface area contributed by atoms with E-state index in [1.807, 2.05) is 18.2 Å². The molecule has 3 aromatic rings. The van der Waals surface area contributed by atoms with Gasteiger partial charge in [-0.3, -0.25) is 3.97 Å². The first-order valence-electron chi connectivity index (χ1n) is 5.94. The lowest BCUT2D eigenvalue weighted by Gasteiger charge is -2.05. The fraction of sp³-hybridized carbons (Fsp3) is 0. The van der Waals surface area contributed by atoms with Crippen LogP contribution in [0.1, 0.15) is 0 Å². The quantitative estimate of drug-likeness (QED) is 0.661. The number of halogens is 2. The highest BCUT2D eigenvalue weighted by Gasteiger charge is 2.17. The summed E-state index contributed by atoms with van der Waals surface area (Å²) in [7, 11) is 2.56. The lowest BCUT2D eigenvalue weighted by molar-refractivity contribution is 0.678. The van der Waals surface area contributed by atoms with Crippen molar-refractivity contribution in [3.05, 3.63) is 59.8 Å². The van der Waals surface area contributed by atoms with Crippen molar-refractivity contribution in [1.29, 1.82) is 0 Å². The second-order valence-electron chi connectivity index (χ2n) is 4.27. The second-order valence-corrected chi connectivity index (χ2v) is 7.79.